The number of carbonyl (C=O) groups is 1. The van der Waals surface area contributed by atoms with E-state index in [1.165, 1.54) is 11.8 Å². The molecule has 0 aliphatic rings. The minimum absolute atomic E-state index is 0.100. The summed E-state index contributed by atoms with van der Waals surface area (Å²) in [4.78, 5) is 12.6. The van der Waals surface area contributed by atoms with Gasteiger partial charge in [0.25, 0.3) is 0 Å². The van der Waals surface area contributed by atoms with E-state index in [9.17, 15) is 9.90 Å². The van der Waals surface area contributed by atoms with E-state index in [1.54, 1.807) is 60.0 Å². The molecule has 0 radical (unpaired) electrons. The molecule has 1 aromatic heterocycles. The number of phenolic OH excluding ortho intramolecular Hbond substituents is 1. The number of benzene rings is 2. The summed E-state index contributed by atoms with van der Waals surface area (Å²) in [6, 6.07) is 11.7. The molecule has 3 rings (SSSR count). The Labute approximate surface area is 182 Å². The van der Waals surface area contributed by atoms with Gasteiger partial charge in [0.15, 0.2) is 11.0 Å². The summed E-state index contributed by atoms with van der Waals surface area (Å²) >= 11 is 13.3. The summed E-state index contributed by atoms with van der Waals surface area (Å²) in [5, 5.41) is 22.2. The first-order valence-corrected chi connectivity index (χ1v) is 10.3. The Morgan fingerprint density at radius 3 is 2.79 bits per heavy atom. The van der Waals surface area contributed by atoms with Gasteiger partial charge in [0, 0.05) is 11.6 Å². The van der Waals surface area contributed by atoms with Gasteiger partial charge in [-0.1, -0.05) is 53.2 Å². The van der Waals surface area contributed by atoms with Crippen LogP contribution in [0.15, 0.2) is 60.3 Å². The molecule has 0 saturated carbocycles. The fourth-order valence-electron chi connectivity index (χ4n) is 2.57. The second-order valence-electron chi connectivity index (χ2n) is 6.10. The SMILES string of the molecule is C=CCn1c(S[C@H](C)C(=O)Nc2cc(Cl)ccc2Cl)nnc1-c1ccccc1O. The number of halogens is 2. The van der Waals surface area contributed by atoms with E-state index in [0.717, 1.165) is 0 Å². The van der Waals surface area contributed by atoms with Crippen molar-refractivity contribution in [3.63, 3.8) is 0 Å². The maximum Gasteiger partial charge on any atom is 0.237 e. The second-order valence-corrected chi connectivity index (χ2v) is 8.25. The maximum absolute atomic E-state index is 12.6. The van der Waals surface area contributed by atoms with Crippen LogP contribution in [0, 0.1) is 0 Å². The number of anilines is 1. The number of para-hydroxylation sites is 1. The Morgan fingerprint density at radius 1 is 1.31 bits per heavy atom. The molecular formula is C20H18Cl2N4O2S. The highest BCUT2D eigenvalue weighted by Gasteiger charge is 2.22. The molecule has 1 atom stereocenters. The summed E-state index contributed by atoms with van der Waals surface area (Å²) in [5.41, 5.74) is 0.996. The molecule has 1 amide bonds. The lowest BCUT2D eigenvalue weighted by Crippen LogP contribution is -2.23. The number of aromatic nitrogens is 3. The Kier molecular flexibility index (Phi) is 6.84. The maximum atomic E-state index is 12.6. The van der Waals surface area contributed by atoms with Crippen LogP contribution in [0.1, 0.15) is 6.92 Å². The zero-order chi connectivity index (χ0) is 21.0. The molecule has 0 unspecified atom stereocenters. The van der Waals surface area contributed by atoms with Crippen LogP contribution < -0.4 is 5.32 Å². The van der Waals surface area contributed by atoms with E-state index in [2.05, 4.69) is 22.1 Å². The Morgan fingerprint density at radius 2 is 2.07 bits per heavy atom. The van der Waals surface area contributed by atoms with E-state index < -0.39 is 5.25 Å². The van der Waals surface area contributed by atoms with Gasteiger partial charge < -0.3 is 10.4 Å². The van der Waals surface area contributed by atoms with Crippen LogP contribution in [0.4, 0.5) is 5.69 Å². The van der Waals surface area contributed by atoms with E-state index in [1.807, 2.05) is 0 Å². The number of nitrogens with zero attached hydrogens (tertiary/aromatic N) is 3. The first-order valence-electron chi connectivity index (χ1n) is 8.65. The molecule has 3 aromatic rings. The highest BCUT2D eigenvalue weighted by Crippen LogP contribution is 2.32. The van der Waals surface area contributed by atoms with Gasteiger partial charge in [0.2, 0.25) is 5.91 Å². The molecule has 0 saturated heterocycles. The van der Waals surface area contributed by atoms with E-state index in [0.29, 0.717) is 38.8 Å². The monoisotopic (exact) mass is 448 g/mol. The highest BCUT2D eigenvalue weighted by molar-refractivity contribution is 8.00. The van der Waals surface area contributed by atoms with Crippen molar-refractivity contribution in [2.75, 3.05) is 5.32 Å². The summed E-state index contributed by atoms with van der Waals surface area (Å²) < 4.78 is 1.79. The smallest absolute Gasteiger partial charge is 0.237 e. The molecule has 0 bridgehead atoms. The van der Waals surface area contributed by atoms with Crippen molar-refractivity contribution in [2.45, 2.75) is 23.9 Å². The molecule has 2 N–H and O–H groups in total. The summed E-state index contributed by atoms with van der Waals surface area (Å²) in [5.74, 6) is 0.343. The van der Waals surface area contributed by atoms with E-state index in [-0.39, 0.29) is 11.7 Å². The third kappa shape index (κ3) is 4.93. The normalized spacial score (nSPS) is 11.8. The van der Waals surface area contributed by atoms with Crippen molar-refractivity contribution >= 4 is 46.6 Å². The third-order valence-electron chi connectivity index (χ3n) is 4.01. The van der Waals surface area contributed by atoms with Gasteiger partial charge in [0.1, 0.15) is 5.75 Å². The van der Waals surface area contributed by atoms with Crippen molar-refractivity contribution in [1.29, 1.82) is 0 Å². The molecule has 150 valence electrons. The van der Waals surface area contributed by atoms with Crippen LogP contribution in [0.25, 0.3) is 11.4 Å². The largest absolute Gasteiger partial charge is 0.507 e. The summed E-state index contributed by atoms with van der Waals surface area (Å²) in [7, 11) is 0. The summed E-state index contributed by atoms with van der Waals surface area (Å²) in [6.07, 6.45) is 1.70. The Balaban J connectivity index is 1.82. The molecule has 0 spiro atoms. The average Bonchev–Trinajstić information content (AvgIpc) is 3.07. The molecule has 6 nitrogen and oxygen atoms in total. The number of allylic oxidation sites excluding steroid dienone is 1. The van der Waals surface area contributed by atoms with Gasteiger partial charge in [-0.3, -0.25) is 9.36 Å². The first kappa shape index (κ1) is 21.2. The molecule has 29 heavy (non-hydrogen) atoms. The fourth-order valence-corrected chi connectivity index (χ4v) is 3.77. The predicted octanol–water partition coefficient (Wildman–Crippen LogP) is 5.26. The van der Waals surface area contributed by atoms with Crippen molar-refractivity contribution in [2.24, 2.45) is 0 Å². The number of nitrogens with one attached hydrogen (secondary N) is 1. The van der Waals surface area contributed by atoms with Crippen LogP contribution >= 0.6 is 35.0 Å². The number of rotatable bonds is 7. The summed E-state index contributed by atoms with van der Waals surface area (Å²) in [6.45, 7) is 5.95. The molecule has 2 aromatic carbocycles. The number of amides is 1. The van der Waals surface area contributed by atoms with E-state index >= 15 is 0 Å². The number of phenols is 1. The van der Waals surface area contributed by atoms with Gasteiger partial charge >= 0.3 is 0 Å². The van der Waals surface area contributed by atoms with Gasteiger partial charge in [0.05, 0.1) is 21.5 Å². The zero-order valence-electron chi connectivity index (χ0n) is 15.5. The Bertz CT molecular complexity index is 1050. The number of carbonyl (C=O) groups excluding carboxylic acids is 1. The predicted molar refractivity (Wildman–Crippen MR) is 118 cm³/mol. The lowest BCUT2D eigenvalue weighted by atomic mass is 10.2. The number of hydrogen-bond donors (Lipinski definition) is 2. The van der Waals surface area contributed by atoms with Crippen molar-refractivity contribution in [1.82, 2.24) is 14.8 Å². The van der Waals surface area contributed by atoms with Gasteiger partial charge in [-0.15, -0.1) is 16.8 Å². The Hall–Kier alpha value is -2.48. The molecule has 1 heterocycles. The molecule has 9 heteroatoms. The fraction of sp³-hybridized carbons (Fsp3) is 0.150. The standard InChI is InChI=1S/C20H18Cl2N4O2S/c1-3-10-26-18(14-6-4-5-7-17(14)27)24-25-20(26)29-12(2)19(28)23-16-11-13(21)8-9-15(16)22/h3-9,11-12,27H,1,10H2,2H3,(H,23,28)/t12-/m1/s1. The van der Waals surface area contributed by atoms with Crippen LogP contribution in [0.3, 0.4) is 0 Å². The first-order chi connectivity index (χ1) is 13.9. The average molecular weight is 449 g/mol. The number of aromatic hydroxyl groups is 1. The van der Waals surface area contributed by atoms with Gasteiger partial charge in [-0.2, -0.15) is 0 Å². The number of hydrogen-bond acceptors (Lipinski definition) is 5. The van der Waals surface area contributed by atoms with Crippen LogP contribution in [0.5, 0.6) is 5.75 Å². The lowest BCUT2D eigenvalue weighted by Gasteiger charge is -2.14. The minimum atomic E-state index is -0.491. The van der Waals surface area contributed by atoms with Crippen LogP contribution in [0.2, 0.25) is 10.0 Å². The topological polar surface area (TPSA) is 80.0 Å². The quantitative estimate of drug-likeness (QED) is 0.380. The number of thioether (sulfide) groups is 1. The van der Waals surface area contributed by atoms with E-state index in [4.69, 9.17) is 23.2 Å². The molecule has 0 aliphatic heterocycles. The van der Waals surface area contributed by atoms with Crippen molar-refractivity contribution in [3.8, 4) is 17.1 Å². The molecule has 0 fully saturated rings. The molecule has 0 aliphatic carbocycles. The van der Waals surface area contributed by atoms with Gasteiger partial charge in [-0.25, -0.2) is 0 Å². The second kappa shape index (κ2) is 9.35. The van der Waals surface area contributed by atoms with Crippen LogP contribution in [-0.4, -0.2) is 31.0 Å². The minimum Gasteiger partial charge on any atom is -0.507 e. The highest BCUT2D eigenvalue weighted by atomic mass is 35.5. The lowest BCUT2D eigenvalue weighted by molar-refractivity contribution is -0.115. The molecular weight excluding hydrogens is 431 g/mol. The van der Waals surface area contributed by atoms with Crippen molar-refractivity contribution < 1.29 is 9.90 Å². The third-order valence-corrected chi connectivity index (χ3v) is 5.66. The zero-order valence-corrected chi connectivity index (χ0v) is 17.8. The van der Waals surface area contributed by atoms with Crippen LogP contribution in [-0.2, 0) is 11.3 Å². The van der Waals surface area contributed by atoms with Gasteiger partial charge in [-0.05, 0) is 37.3 Å². The van der Waals surface area contributed by atoms with Crippen molar-refractivity contribution in [3.05, 3.63) is 65.2 Å².